The van der Waals surface area contributed by atoms with Crippen LogP contribution in [0.5, 0.6) is 0 Å². The van der Waals surface area contributed by atoms with Gasteiger partial charge in [-0.2, -0.15) is 0 Å². The Balaban J connectivity index is 2.33. The summed E-state index contributed by atoms with van der Waals surface area (Å²) >= 11 is 5.71. The van der Waals surface area contributed by atoms with E-state index in [-0.39, 0.29) is 11.4 Å². The fourth-order valence-electron chi connectivity index (χ4n) is 1.51. The van der Waals surface area contributed by atoms with Crippen LogP contribution in [0.2, 0.25) is 0 Å². The van der Waals surface area contributed by atoms with E-state index in [2.05, 4.69) is 19.2 Å². The summed E-state index contributed by atoms with van der Waals surface area (Å²) in [5, 5.41) is 3.09. The summed E-state index contributed by atoms with van der Waals surface area (Å²) in [6.45, 7) is 4.16. The molecule has 2 nitrogen and oxygen atoms in total. The third kappa shape index (κ3) is 3.87. The van der Waals surface area contributed by atoms with Crippen LogP contribution in [0.4, 0.5) is 0 Å². The molecular weight excluding hydrogens is 198 g/mol. The normalized spacial score (nSPS) is 20.2. The summed E-state index contributed by atoms with van der Waals surface area (Å²) in [5.74, 6) is 1.46. The molecule has 0 aliphatic heterocycles. The maximum absolute atomic E-state index is 11.6. The van der Waals surface area contributed by atoms with Crippen molar-refractivity contribution in [3.05, 3.63) is 0 Å². The minimum atomic E-state index is -0.103. The van der Waals surface area contributed by atoms with E-state index in [0.29, 0.717) is 18.2 Å². The number of halogens is 1. The van der Waals surface area contributed by atoms with E-state index in [1.165, 1.54) is 12.8 Å². The van der Waals surface area contributed by atoms with E-state index in [1.54, 1.807) is 0 Å². The molecule has 0 saturated heterocycles. The van der Waals surface area contributed by atoms with Crippen LogP contribution in [-0.4, -0.2) is 17.3 Å². The lowest BCUT2D eigenvalue weighted by atomic mass is 9.95. The number of carbonyl (C=O) groups is 1. The Morgan fingerprint density at radius 3 is 2.64 bits per heavy atom. The molecule has 1 amide bonds. The van der Waals surface area contributed by atoms with Gasteiger partial charge in [-0.05, 0) is 38.5 Å². The Labute approximate surface area is 91.4 Å². The van der Waals surface area contributed by atoms with Gasteiger partial charge in [0.05, 0.1) is 0 Å². The highest BCUT2D eigenvalue weighted by molar-refractivity contribution is 6.17. The zero-order valence-corrected chi connectivity index (χ0v) is 9.86. The quantitative estimate of drug-likeness (QED) is 0.681. The molecule has 0 aromatic rings. The zero-order chi connectivity index (χ0) is 10.6. The van der Waals surface area contributed by atoms with Crippen LogP contribution in [0, 0.1) is 5.92 Å². The van der Waals surface area contributed by atoms with E-state index in [1.807, 2.05) is 0 Å². The predicted molar refractivity (Wildman–Crippen MR) is 59.5 cm³/mol. The summed E-state index contributed by atoms with van der Waals surface area (Å²) in [4.78, 5) is 11.6. The molecule has 1 N–H and O–H groups in total. The van der Waals surface area contributed by atoms with E-state index in [9.17, 15) is 4.79 Å². The zero-order valence-electron chi connectivity index (χ0n) is 9.11. The number of hydrogen-bond donors (Lipinski definition) is 1. The molecule has 3 heteroatoms. The van der Waals surface area contributed by atoms with Crippen molar-refractivity contribution in [2.24, 2.45) is 5.92 Å². The SMILES string of the molecule is CCC(C)(CCCl)NC(=O)CC1CC1. The molecular formula is C11H20ClNO. The van der Waals surface area contributed by atoms with Gasteiger partial charge in [-0.3, -0.25) is 4.79 Å². The molecule has 1 unspecified atom stereocenters. The molecule has 0 spiro atoms. The van der Waals surface area contributed by atoms with E-state index in [0.717, 1.165) is 12.8 Å². The van der Waals surface area contributed by atoms with Gasteiger partial charge in [0, 0.05) is 17.8 Å². The lowest BCUT2D eigenvalue weighted by molar-refractivity contribution is -0.123. The van der Waals surface area contributed by atoms with Crippen molar-refractivity contribution in [3.63, 3.8) is 0 Å². The first-order valence-corrected chi connectivity index (χ1v) is 6.00. The molecule has 1 saturated carbocycles. The number of amides is 1. The van der Waals surface area contributed by atoms with E-state index < -0.39 is 0 Å². The average Bonchev–Trinajstić information content (AvgIpc) is 2.88. The number of carbonyl (C=O) groups excluding carboxylic acids is 1. The minimum absolute atomic E-state index is 0.103. The smallest absolute Gasteiger partial charge is 0.220 e. The second-order valence-corrected chi connectivity index (χ2v) is 4.93. The van der Waals surface area contributed by atoms with Crippen molar-refractivity contribution in [1.29, 1.82) is 0 Å². The summed E-state index contributed by atoms with van der Waals surface area (Å²) < 4.78 is 0. The molecule has 0 heterocycles. The number of rotatable bonds is 6. The molecule has 1 atom stereocenters. The van der Waals surface area contributed by atoms with Crippen molar-refractivity contribution in [3.8, 4) is 0 Å². The first kappa shape index (κ1) is 11.8. The van der Waals surface area contributed by atoms with Gasteiger partial charge in [-0.25, -0.2) is 0 Å². The second kappa shape index (κ2) is 5.01. The van der Waals surface area contributed by atoms with Gasteiger partial charge in [0.25, 0.3) is 0 Å². The number of hydrogen-bond acceptors (Lipinski definition) is 1. The van der Waals surface area contributed by atoms with Crippen molar-refractivity contribution in [1.82, 2.24) is 5.32 Å². The molecule has 0 aromatic heterocycles. The van der Waals surface area contributed by atoms with Gasteiger partial charge in [0.15, 0.2) is 0 Å². The van der Waals surface area contributed by atoms with Crippen LogP contribution in [-0.2, 0) is 4.79 Å². The predicted octanol–water partition coefficient (Wildman–Crippen LogP) is 2.70. The molecule has 1 rings (SSSR count). The van der Waals surface area contributed by atoms with Crippen LogP contribution in [0.1, 0.15) is 46.0 Å². The third-order valence-electron chi connectivity index (χ3n) is 3.04. The van der Waals surface area contributed by atoms with Gasteiger partial charge >= 0.3 is 0 Å². The Hall–Kier alpha value is -0.240. The molecule has 0 radical (unpaired) electrons. The lowest BCUT2D eigenvalue weighted by Crippen LogP contribution is -2.45. The molecule has 1 aliphatic rings. The highest BCUT2D eigenvalue weighted by Gasteiger charge is 2.28. The van der Waals surface area contributed by atoms with Crippen molar-refractivity contribution in [2.75, 3.05) is 5.88 Å². The highest BCUT2D eigenvalue weighted by atomic mass is 35.5. The topological polar surface area (TPSA) is 29.1 Å². The Kier molecular flexibility index (Phi) is 4.24. The summed E-state index contributed by atoms with van der Waals surface area (Å²) in [7, 11) is 0. The second-order valence-electron chi connectivity index (χ2n) is 4.55. The molecule has 82 valence electrons. The van der Waals surface area contributed by atoms with Crippen molar-refractivity contribution < 1.29 is 4.79 Å². The highest BCUT2D eigenvalue weighted by Crippen LogP contribution is 2.32. The number of nitrogens with one attached hydrogen (secondary N) is 1. The van der Waals surface area contributed by atoms with Crippen LogP contribution in [0.25, 0.3) is 0 Å². The minimum Gasteiger partial charge on any atom is -0.351 e. The Morgan fingerprint density at radius 2 is 2.21 bits per heavy atom. The van der Waals surface area contributed by atoms with Gasteiger partial charge < -0.3 is 5.32 Å². The lowest BCUT2D eigenvalue weighted by Gasteiger charge is -2.29. The van der Waals surface area contributed by atoms with Gasteiger partial charge in [-0.15, -0.1) is 11.6 Å². The van der Waals surface area contributed by atoms with Crippen LogP contribution < -0.4 is 5.32 Å². The average molecular weight is 218 g/mol. The standard InChI is InChI=1S/C11H20ClNO/c1-3-11(2,6-7-12)13-10(14)8-9-4-5-9/h9H,3-8H2,1-2H3,(H,13,14). The van der Waals surface area contributed by atoms with Crippen LogP contribution in [0.3, 0.4) is 0 Å². The maximum atomic E-state index is 11.6. The molecule has 1 fully saturated rings. The van der Waals surface area contributed by atoms with Gasteiger partial charge in [0.1, 0.15) is 0 Å². The molecule has 14 heavy (non-hydrogen) atoms. The van der Waals surface area contributed by atoms with Gasteiger partial charge in [0.2, 0.25) is 5.91 Å². The monoisotopic (exact) mass is 217 g/mol. The molecule has 1 aliphatic carbocycles. The van der Waals surface area contributed by atoms with Crippen LogP contribution in [0.15, 0.2) is 0 Å². The van der Waals surface area contributed by atoms with Crippen molar-refractivity contribution >= 4 is 17.5 Å². The summed E-state index contributed by atoms with van der Waals surface area (Å²) in [6, 6.07) is 0. The van der Waals surface area contributed by atoms with Gasteiger partial charge in [-0.1, -0.05) is 6.92 Å². The van der Waals surface area contributed by atoms with E-state index in [4.69, 9.17) is 11.6 Å². The fraction of sp³-hybridized carbons (Fsp3) is 0.909. The largest absolute Gasteiger partial charge is 0.351 e. The summed E-state index contributed by atoms with van der Waals surface area (Å²) in [5.41, 5.74) is -0.103. The third-order valence-corrected chi connectivity index (χ3v) is 3.23. The summed E-state index contributed by atoms with van der Waals surface area (Å²) in [6.07, 6.45) is 4.95. The Morgan fingerprint density at radius 1 is 1.57 bits per heavy atom. The van der Waals surface area contributed by atoms with Crippen LogP contribution >= 0.6 is 11.6 Å². The maximum Gasteiger partial charge on any atom is 0.220 e. The first-order chi connectivity index (χ1) is 6.59. The van der Waals surface area contributed by atoms with E-state index >= 15 is 0 Å². The molecule has 0 aromatic carbocycles. The Bertz CT molecular complexity index is 203. The molecule has 0 bridgehead atoms. The fourth-order valence-corrected chi connectivity index (χ4v) is 1.93. The van der Waals surface area contributed by atoms with Crippen molar-refractivity contribution in [2.45, 2.75) is 51.5 Å². The first-order valence-electron chi connectivity index (χ1n) is 5.46. The number of alkyl halides is 1.